The zero-order chi connectivity index (χ0) is 28.3. The van der Waals surface area contributed by atoms with E-state index in [0.29, 0.717) is 0 Å². The van der Waals surface area contributed by atoms with Crippen molar-refractivity contribution in [3.8, 4) is 33.6 Å². The lowest BCUT2D eigenvalue weighted by Crippen LogP contribution is -1.92. The maximum Gasteiger partial charge on any atom is 0.136 e. The number of hydrogen-bond acceptors (Lipinski definition) is 4. The summed E-state index contributed by atoms with van der Waals surface area (Å²) in [6.45, 7) is 0. The lowest BCUT2D eigenvalue weighted by Gasteiger charge is -2.17. The van der Waals surface area contributed by atoms with Crippen LogP contribution in [0.4, 0.5) is 0 Å². The van der Waals surface area contributed by atoms with E-state index in [0.717, 1.165) is 55.2 Å². The molecule has 0 saturated heterocycles. The largest absolute Gasteiger partial charge is 0.456 e. The van der Waals surface area contributed by atoms with Crippen molar-refractivity contribution in [2.75, 3.05) is 0 Å². The van der Waals surface area contributed by atoms with Gasteiger partial charge in [-0.3, -0.25) is 15.0 Å². The van der Waals surface area contributed by atoms with Crippen molar-refractivity contribution in [2.24, 2.45) is 0 Å². The summed E-state index contributed by atoms with van der Waals surface area (Å²) in [4.78, 5) is 13.6. The number of pyridine rings is 3. The van der Waals surface area contributed by atoms with Gasteiger partial charge in [-0.2, -0.15) is 0 Å². The summed E-state index contributed by atoms with van der Waals surface area (Å²) in [5, 5.41) is 9.24. The Bertz CT molecular complexity index is 2440. The average Bonchev–Trinajstić information content (AvgIpc) is 3.43. The summed E-state index contributed by atoms with van der Waals surface area (Å²) < 4.78 is 6.31. The number of fused-ring (bicyclic) bond motifs is 6. The summed E-state index contributed by atoms with van der Waals surface area (Å²) in [5.41, 5.74) is 8.12. The molecule has 0 radical (unpaired) electrons. The van der Waals surface area contributed by atoms with Crippen LogP contribution in [0.2, 0.25) is 0 Å². The smallest absolute Gasteiger partial charge is 0.136 e. The molecule has 0 fully saturated rings. The fourth-order valence-electron chi connectivity index (χ4n) is 6.47. The minimum absolute atomic E-state index is 0.860. The zero-order valence-electron chi connectivity index (χ0n) is 23.0. The summed E-state index contributed by atoms with van der Waals surface area (Å²) in [5.74, 6) is 0. The molecule has 0 bridgehead atoms. The Kier molecular flexibility index (Phi) is 5.16. The third-order valence-electron chi connectivity index (χ3n) is 8.43. The first kappa shape index (κ1) is 23.8. The van der Waals surface area contributed by atoms with Crippen molar-refractivity contribution >= 4 is 54.3 Å². The lowest BCUT2D eigenvalue weighted by atomic mass is 9.86. The maximum absolute atomic E-state index is 6.31. The van der Waals surface area contributed by atoms with Crippen molar-refractivity contribution in [2.45, 2.75) is 0 Å². The van der Waals surface area contributed by atoms with Crippen LogP contribution in [-0.2, 0) is 0 Å². The van der Waals surface area contributed by atoms with E-state index in [1.54, 1.807) is 6.20 Å². The molecule has 0 amide bonds. The Morgan fingerprint density at radius 1 is 0.419 bits per heavy atom. The predicted octanol–water partition coefficient (Wildman–Crippen LogP) is 10.2. The highest BCUT2D eigenvalue weighted by atomic mass is 16.3. The normalized spacial score (nSPS) is 11.7. The first-order chi connectivity index (χ1) is 21.3. The van der Waals surface area contributed by atoms with E-state index in [9.17, 15) is 0 Å². The van der Waals surface area contributed by atoms with Crippen molar-refractivity contribution in [3.05, 3.63) is 140 Å². The zero-order valence-corrected chi connectivity index (χ0v) is 23.0. The Labute approximate surface area is 246 Å². The topological polar surface area (TPSA) is 51.8 Å². The van der Waals surface area contributed by atoms with Gasteiger partial charge in [-0.15, -0.1) is 0 Å². The van der Waals surface area contributed by atoms with Crippen LogP contribution in [0.5, 0.6) is 0 Å². The number of aromatic nitrogens is 3. The minimum Gasteiger partial charge on any atom is -0.456 e. The second-order valence-electron chi connectivity index (χ2n) is 10.9. The van der Waals surface area contributed by atoms with Gasteiger partial charge in [0.15, 0.2) is 0 Å². The van der Waals surface area contributed by atoms with Crippen molar-refractivity contribution in [1.29, 1.82) is 0 Å². The number of furan rings is 1. The fraction of sp³-hybridized carbons (Fsp3) is 0. The molecule has 9 rings (SSSR count). The van der Waals surface area contributed by atoms with Gasteiger partial charge in [0.25, 0.3) is 0 Å². The second kappa shape index (κ2) is 9.33. The molecule has 0 spiro atoms. The standard InChI is InChI=1S/C39H23N3O/c1-3-9-30-28(7-1)38(25-13-15-36-32(20-25)33-19-24-16-18-40-22-27(24)21-37(33)43-36)29-8-2-4-10-31(29)39(30)26-12-14-35(42-23-26)34-11-5-6-17-41-34/h1-23H. The Morgan fingerprint density at radius 2 is 1.09 bits per heavy atom. The van der Waals surface area contributed by atoms with Gasteiger partial charge in [0, 0.05) is 46.5 Å². The van der Waals surface area contributed by atoms with Gasteiger partial charge in [-0.25, -0.2) is 0 Å². The van der Waals surface area contributed by atoms with E-state index in [1.165, 1.54) is 32.7 Å². The average molecular weight is 550 g/mol. The van der Waals surface area contributed by atoms with E-state index in [2.05, 4.69) is 107 Å². The summed E-state index contributed by atoms with van der Waals surface area (Å²) in [7, 11) is 0. The molecule has 4 aromatic heterocycles. The van der Waals surface area contributed by atoms with Crippen molar-refractivity contribution in [1.82, 2.24) is 15.0 Å². The van der Waals surface area contributed by atoms with Crippen LogP contribution in [-0.4, -0.2) is 15.0 Å². The third kappa shape index (κ3) is 3.74. The van der Waals surface area contributed by atoms with Crippen LogP contribution in [0.3, 0.4) is 0 Å². The molecule has 0 aliphatic carbocycles. The molecular weight excluding hydrogens is 526 g/mol. The third-order valence-corrected chi connectivity index (χ3v) is 8.43. The van der Waals surface area contributed by atoms with Gasteiger partial charge in [0.2, 0.25) is 0 Å². The van der Waals surface area contributed by atoms with E-state index in [1.807, 2.05) is 36.8 Å². The fourth-order valence-corrected chi connectivity index (χ4v) is 6.47. The van der Waals surface area contributed by atoms with Gasteiger partial charge in [-0.1, -0.05) is 66.7 Å². The van der Waals surface area contributed by atoms with Gasteiger partial charge >= 0.3 is 0 Å². The summed E-state index contributed by atoms with van der Waals surface area (Å²) in [6.07, 6.45) is 7.49. The second-order valence-corrected chi connectivity index (χ2v) is 10.9. The number of rotatable bonds is 3. The van der Waals surface area contributed by atoms with Gasteiger partial charge in [0.1, 0.15) is 11.2 Å². The first-order valence-electron chi connectivity index (χ1n) is 14.3. The number of benzene rings is 5. The SMILES string of the molecule is c1ccc(-c2ccc(-c3c4ccccc4c(-c4ccc5oc6cc7cnccc7cc6c5c4)c4ccccc34)cn2)nc1. The molecule has 43 heavy (non-hydrogen) atoms. The molecule has 0 aliphatic rings. The van der Waals surface area contributed by atoms with E-state index in [-0.39, 0.29) is 0 Å². The van der Waals surface area contributed by atoms with Crippen LogP contribution in [0.1, 0.15) is 0 Å². The van der Waals surface area contributed by atoms with Crippen LogP contribution in [0.15, 0.2) is 144 Å². The van der Waals surface area contributed by atoms with Crippen molar-refractivity contribution < 1.29 is 4.42 Å². The van der Waals surface area contributed by atoms with Gasteiger partial charge < -0.3 is 4.42 Å². The van der Waals surface area contributed by atoms with E-state index < -0.39 is 0 Å². The molecular formula is C39H23N3O. The molecule has 0 unspecified atom stereocenters. The van der Waals surface area contributed by atoms with Gasteiger partial charge in [0.05, 0.1) is 11.4 Å². The van der Waals surface area contributed by atoms with E-state index in [4.69, 9.17) is 9.40 Å². The van der Waals surface area contributed by atoms with Gasteiger partial charge in [-0.05, 0) is 92.2 Å². The monoisotopic (exact) mass is 549 g/mol. The molecule has 4 nitrogen and oxygen atoms in total. The summed E-state index contributed by atoms with van der Waals surface area (Å²) in [6, 6.07) is 40.4. The number of nitrogens with zero attached hydrogens (tertiary/aromatic N) is 3. The molecule has 5 aromatic carbocycles. The maximum atomic E-state index is 6.31. The highest BCUT2D eigenvalue weighted by Crippen LogP contribution is 2.45. The molecule has 0 atom stereocenters. The highest BCUT2D eigenvalue weighted by Gasteiger charge is 2.18. The summed E-state index contributed by atoms with van der Waals surface area (Å²) >= 11 is 0. The molecule has 0 N–H and O–H groups in total. The van der Waals surface area contributed by atoms with Crippen LogP contribution in [0.25, 0.3) is 87.9 Å². The molecule has 4 heterocycles. The van der Waals surface area contributed by atoms with Crippen molar-refractivity contribution in [3.63, 3.8) is 0 Å². The molecule has 9 aromatic rings. The van der Waals surface area contributed by atoms with Crippen LogP contribution < -0.4 is 0 Å². The van der Waals surface area contributed by atoms with E-state index >= 15 is 0 Å². The van der Waals surface area contributed by atoms with Crippen LogP contribution >= 0.6 is 0 Å². The minimum atomic E-state index is 0.860. The lowest BCUT2D eigenvalue weighted by molar-refractivity contribution is 0.669. The number of hydrogen-bond donors (Lipinski definition) is 0. The molecule has 200 valence electrons. The quantitative estimate of drug-likeness (QED) is 0.206. The Hall–Kier alpha value is -5.87. The molecule has 0 aliphatic heterocycles. The highest BCUT2D eigenvalue weighted by molar-refractivity contribution is 6.22. The predicted molar refractivity (Wildman–Crippen MR) is 176 cm³/mol. The first-order valence-corrected chi connectivity index (χ1v) is 14.3. The van der Waals surface area contributed by atoms with Crippen LogP contribution in [0, 0.1) is 0 Å². The Morgan fingerprint density at radius 3 is 1.79 bits per heavy atom. The molecule has 4 heteroatoms. The Balaban J connectivity index is 1.29. The molecule has 0 saturated carbocycles.